The van der Waals surface area contributed by atoms with Gasteiger partial charge in [0.1, 0.15) is 11.0 Å². The minimum absolute atomic E-state index is 0.281. The first-order chi connectivity index (χ1) is 9.59. The standard InChI is InChI=1S/C15H17NO3S/c1-19-13-9-7-12(8-10-13)15(11-16)20(17,18)14-5-3-2-4-6-14/h2-10,15H,11,16H2,1H3/p+1/t15-/m1/s1. The molecule has 0 aromatic heterocycles. The first-order valence-corrected chi connectivity index (χ1v) is 7.86. The Morgan fingerprint density at radius 1 is 1.05 bits per heavy atom. The van der Waals surface area contributed by atoms with Crippen LogP contribution in [0, 0.1) is 0 Å². The van der Waals surface area contributed by atoms with Gasteiger partial charge in [-0.3, -0.25) is 0 Å². The summed E-state index contributed by atoms with van der Waals surface area (Å²) >= 11 is 0. The van der Waals surface area contributed by atoms with Gasteiger partial charge in [-0.25, -0.2) is 8.42 Å². The molecule has 0 aliphatic rings. The molecule has 0 spiro atoms. The second-order valence-corrected chi connectivity index (χ2v) is 6.54. The average Bonchev–Trinajstić information content (AvgIpc) is 2.49. The van der Waals surface area contributed by atoms with Crippen LogP contribution in [0.2, 0.25) is 0 Å². The number of sulfone groups is 1. The second kappa shape index (κ2) is 6.07. The van der Waals surface area contributed by atoms with E-state index in [1.165, 1.54) is 0 Å². The van der Waals surface area contributed by atoms with Crippen molar-refractivity contribution < 1.29 is 18.9 Å². The van der Waals surface area contributed by atoms with E-state index in [1.807, 2.05) is 0 Å². The van der Waals surface area contributed by atoms with Crippen molar-refractivity contribution in [3.63, 3.8) is 0 Å². The molecule has 0 heterocycles. The van der Waals surface area contributed by atoms with Crippen molar-refractivity contribution in [1.29, 1.82) is 0 Å². The predicted molar refractivity (Wildman–Crippen MR) is 77.1 cm³/mol. The van der Waals surface area contributed by atoms with Gasteiger partial charge < -0.3 is 10.5 Å². The van der Waals surface area contributed by atoms with Gasteiger partial charge >= 0.3 is 0 Å². The van der Waals surface area contributed by atoms with Crippen LogP contribution >= 0.6 is 0 Å². The third kappa shape index (κ3) is 2.84. The molecule has 3 N–H and O–H groups in total. The van der Waals surface area contributed by atoms with Crippen LogP contribution in [0.4, 0.5) is 0 Å². The molecule has 0 aliphatic carbocycles. The Morgan fingerprint density at radius 3 is 2.15 bits per heavy atom. The molecule has 2 aromatic carbocycles. The van der Waals surface area contributed by atoms with Crippen LogP contribution in [-0.2, 0) is 9.84 Å². The molecule has 0 amide bonds. The number of rotatable bonds is 5. The SMILES string of the molecule is COc1ccc([C@@H](C[NH3+])S(=O)(=O)c2ccccc2)cc1. The highest BCUT2D eigenvalue weighted by Crippen LogP contribution is 2.28. The molecule has 2 rings (SSSR count). The van der Waals surface area contributed by atoms with Crippen LogP contribution in [0.1, 0.15) is 10.8 Å². The molecule has 0 aliphatic heterocycles. The van der Waals surface area contributed by atoms with Crippen molar-refractivity contribution in [1.82, 2.24) is 0 Å². The van der Waals surface area contributed by atoms with Crippen LogP contribution in [-0.4, -0.2) is 22.1 Å². The van der Waals surface area contributed by atoms with Crippen LogP contribution in [0.15, 0.2) is 59.5 Å². The molecular weight excluding hydrogens is 274 g/mol. The van der Waals surface area contributed by atoms with Gasteiger partial charge in [-0.15, -0.1) is 0 Å². The molecule has 0 radical (unpaired) electrons. The zero-order valence-corrected chi connectivity index (χ0v) is 12.1. The van der Waals surface area contributed by atoms with E-state index >= 15 is 0 Å². The Labute approximate surface area is 119 Å². The van der Waals surface area contributed by atoms with E-state index in [4.69, 9.17) is 4.74 Å². The first kappa shape index (κ1) is 14.6. The average molecular weight is 292 g/mol. The molecule has 106 valence electrons. The summed E-state index contributed by atoms with van der Waals surface area (Å²) in [4.78, 5) is 0.324. The Morgan fingerprint density at radius 2 is 1.65 bits per heavy atom. The smallest absolute Gasteiger partial charge is 0.190 e. The Hall–Kier alpha value is -1.85. The van der Waals surface area contributed by atoms with Gasteiger partial charge in [0.15, 0.2) is 9.84 Å². The lowest BCUT2D eigenvalue weighted by atomic mass is 10.1. The van der Waals surface area contributed by atoms with E-state index in [2.05, 4.69) is 5.73 Å². The fraction of sp³-hybridized carbons (Fsp3) is 0.200. The summed E-state index contributed by atoms with van der Waals surface area (Å²) in [5, 5.41) is -0.643. The van der Waals surface area contributed by atoms with Crippen molar-refractivity contribution in [3.8, 4) is 5.75 Å². The minimum Gasteiger partial charge on any atom is -0.497 e. The molecule has 1 atom stereocenters. The lowest BCUT2D eigenvalue weighted by molar-refractivity contribution is -0.367. The van der Waals surface area contributed by atoms with Crippen molar-refractivity contribution in [3.05, 3.63) is 60.2 Å². The van der Waals surface area contributed by atoms with E-state index in [0.29, 0.717) is 10.6 Å². The number of hydrogen-bond donors (Lipinski definition) is 1. The summed E-state index contributed by atoms with van der Waals surface area (Å²) in [5.41, 5.74) is 4.51. The first-order valence-electron chi connectivity index (χ1n) is 6.31. The molecule has 2 aromatic rings. The van der Waals surface area contributed by atoms with Gasteiger partial charge in [-0.2, -0.15) is 0 Å². The van der Waals surface area contributed by atoms with Crippen LogP contribution in [0.3, 0.4) is 0 Å². The predicted octanol–water partition coefficient (Wildman–Crippen LogP) is 1.45. The molecule has 4 nitrogen and oxygen atoms in total. The normalized spacial score (nSPS) is 12.9. The van der Waals surface area contributed by atoms with Crippen molar-refractivity contribution in [2.75, 3.05) is 13.7 Å². The lowest BCUT2D eigenvalue weighted by Crippen LogP contribution is -2.54. The summed E-state index contributed by atoms with van der Waals surface area (Å²) in [6.45, 7) is 0.281. The number of methoxy groups -OCH3 is 1. The monoisotopic (exact) mass is 292 g/mol. The minimum atomic E-state index is -3.43. The molecule has 5 heteroatoms. The lowest BCUT2D eigenvalue weighted by Gasteiger charge is -2.15. The molecular formula is C15H18NO3S+. The molecule has 0 saturated carbocycles. The highest BCUT2D eigenvalue weighted by Gasteiger charge is 2.29. The third-order valence-corrected chi connectivity index (χ3v) is 5.38. The second-order valence-electron chi connectivity index (χ2n) is 4.41. The van der Waals surface area contributed by atoms with E-state index in [0.717, 1.165) is 5.56 Å². The van der Waals surface area contributed by atoms with Gasteiger partial charge in [0.25, 0.3) is 0 Å². The van der Waals surface area contributed by atoms with Gasteiger partial charge in [0, 0.05) is 0 Å². The largest absolute Gasteiger partial charge is 0.497 e. The van der Waals surface area contributed by atoms with E-state index < -0.39 is 15.1 Å². The summed E-state index contributed by atoms with van der Waals surface area (Å²) in [7, 11) is -1.85. The van der Waals surface area contributed by atoms with Crippen molar-refractivity contribution in [2.45, 2.75) is 10.1 Å². The zero-order valence-electron chi connectivity index (χ0n) is 11.3. The molecule has 0 bridgehead atoms. The molecule has 20 heavy (non-hydrogen) atoms. The van der Waals surface area contributed by atoms with Gasteiger partial charge in [-0.05, 0) is 29.8 Å². The van der Waals surface area contributed by atoms with Crippen molar-refractivity contribution in [2.24, 2.45) is 0 Å². The summed E-state index contributed by atoms with van der Waals surface area (Å²) in [6, 6.07) is 15.5. The Balaban J connectivity index is 2.41. The van der Waals surface area contributed by atoms with E-state index in [1.54, 1.807) is 61.7 Å². The van der Waals surface area contributed by atoms with Crippen LogP contribution in [0.25, 0.3) is 0 Å². The topological polar surface area (TPSA) is 71.0 Å². The van der Waals surface area contributed by atoms with E-state index in [-0.39, 0.29) is 6.54 Å². The molecule has 0 fully saturated rings. The van der Waals surface area contributed by atoms with Gasteiger partial charge in [0.2, 0.25) is 0 Å². The number of benzene rings is 2. The van der Waals surface area contributed by atoms with Crippen LogP contribution in [0.5, 0.6) is 5.75 Å². The zero-order chi connectivity index (χ0) is 14.6. The Kier molecular flexibility index (Phi) is 4.42. The fourth-order valence-corrected chi connectivity index (χ4v) is 3.78. The maximum Gasteiger partial charge on any atom is 0.190 e. The van der Waals surface area contributed by atoms with Crippen molar-refractivity contribution >= 4 is 9.84 Å². The van der Waals surface area contributed by atoms with E-state index in [9.17, 15) is 8.42 Å². The number of hydrogen-bond acceptors (Lipinski definition) is 3. The highest BCUT2D eigenvalue weighted by atomic mass is 32.2. The summed E-state index contributed by atoms with van der Waals surface area (Å²) in [6.07, 6.45) is 0. The quantitative estimate of drug-likeness (QED) is 0.906. The molecule has 0 saturated heterocycles. The Bertz CT molecular complexity index is 651. The maximum atomic E-state index is 12.6. The number of quaternary nitrogens is 1. The maximum absolute atomic E-state index is 12.6. The fourth-order valence-electron chi connectivity index (χ4n) is 2.09. The third-order valence-electron chi connectivity index (χ3n) is 3.20. The van der Waals surface area contributed by atoms with Crippen LogP contribution < -0.4 is 10.5 Å². The van der Waals surface area contributed by atoms with Gasteiger partial charge in [-0.1, -0.05) is 30.3 Å². The number of ether oxygens (including phenoxy) is 1. The highest BCUT2D eigenvalue weighted by molar-refractivity contribution is 7.91. The van der Waals surface area contributed by atoms with Gasteiger partial charge in [0.05, 0.1) is 18.6 Å². The summed E-state index contributed by atoms with van der Waals surface area (Å²) < 4.78 is 30.4. The summed E-state index contributed by atoms with van der Waals surface area (Å²) in [5.74, 6) is 0.702. The molecule has 0 unspecified atom stereocenters.